The Kier molecular flexibility index (Phi) is 6.12. The maximum Gasteiger partial charge on any atom is 0.227 e. The number of amides is 1. The van der Waals surface area contributed by atoms with Crippen molar-refractivity contribution in [1.29, 1.82) is 0 Å². The Balaban J connectivity index is 1.32. The summed E-state index contributed by atoms with van der Waals surface area (Å²) in [6.07, 6.45) is 1.62. The molecule has 1 atom stereocenters. The standard InChI is InChI=1S/C21H32N6O/c1-2-22-21(24-15-19-16-25-10-12-26(19)13-11-25)23-14-17-5-7-18(8-6-17)27-9-3-4-20(27)28/h5-8,19H,2-4,9-16H2,1H3,(H2,22,23,24). The number of benzene rings is 1. The lowest BCUT2D eigenvalue weighted by Crippen LogP contribution is -2.63. The Morgan fingerprint density at radius 3 is 2.50 bits per heavy atom. The summed E-state index contributed by atoms with van der Waals surface area (Å²) in [6.45, 7) is 11.3. The summed E-state index contributed by atoms with van der Waals surface area (Å²) >= 11 is 0. The number of hydrogen-bond acceptors (Lipinski definition) is 4. The molecular weight excluding hydrogens is 352 g/mol. The third-order valence-corrected chi connectivity index (χ3v) is 5.98. The molecule has 0 radical (unpaired) electrons. The largest absolute Gasteiger partial charge is 0.357 e. The number of guanidine groups is 1. The van der Waals surface area contributed by atoms with E-state index >= 15 is 0 Å². The van der Waals surface area contributed by atoms with Gasteiger partial charge in [0.2, 0.25) is 5.91 Å². The molecule has 5 rings (SSSR count). The highest BCUT2D eigenvalue weighted by atomic mass is 16.2. The fraction of sp³-hybridized carbons (Fsp3) is 0.619. The van der Waals surface area contributed by atoms with Crippen LogP contribution in [0.15, 0.2) is 29.3 Å². The molecule has 1 amide bonds. The van der Waals surface area contributed by atoms with Crippen molar-refractivity contribution in [2.45, 2.75) is 32.4 Å². The third-order valence-electron chi connectivity index (χ3n) is 5.98. The fourth-order valence-corrected chi connectivity index (χ4v) is 4.35. The van der Waals surface area contributed by atoms with Gasteiger partial charge in [-0.3, -0.25) is 14.6 Å². The Labute approximate surface area is 167 Å². The maximum atomic E-state index is 11.9. The fourth-order valence-electron chi connectivity index (χ4n) is 4.35. The van der Waals surface area contributed by atoms with E-state index in [2.05, 4.69) is 39.5 Å². The van der Waals surface area contributed by atoms with E-state index in [4.69, 9.17) is 4.99 Å². The normalized spacial score (nSPS) is 27.3. The van der Waals surface area contributed by atoms with Crippen LogP contribution in [0.3, 0.4) is 0 Å². The number of carbonyl (C=O) groups excluding carboxylic acids is 1. The predicted octanol–water partition coefficient (Wildman–Crippen LogP) is 0.868. The molecule has 4 aliphatic heterocycles. The molecule has 1 aromatic rings. The average molecular weight is 385 g/mol. The topological polar surface area (TPSA) is 63.2 Å². The molecular formula is C21H32N6O. The van der Waals surface area contributed by atoms with Crippen molar-refractivity contribution in [1.82, 2.24) is 20.4 Å². The quantitative estimate of drug-likeness (QED) is 0.563. The van der Waals surface area contributed by atoms with Crippen LogP contribution in [0.5, 0.6) is 0 Å². The molecule has 7 nitrogen and oxygen atoms in total. The Bertz CT molecular complexity index is 695. The highest BCUT2D eigenvalue weighted by Crippen LogP contribution is 2.21. The average Bonchev–Trinajstić information content (AvgIpc) is 3.17. The van der Waals surface area contributed by atoms with Crippen molar-refractivity contribution < 1.29 is 4.79 Å². The third kappa shape index (κ3) is 4.47. The molecule has 2 N–H and O–H groups in total. The van der Waals surface area contributed by atoms with Gasteiger partial charge in [0.15, 0.2) is 5.96 Å². The van der Waals surface area contributed by atoms with E-state index in [0.29, 0.717) is 19.0 Å². The van der Waals surface area contributed by atoms with E-state index in [-0.39, 0.29) is 5.91 Å². The number of anilines is 1. The molecule has 0 aliphatic carbocycles. The first-order chi connectivity index (χ1) is 13.7. The second kappa shape index (κ2) is 8.92. The van der Waals surface area contributed by atoms with E-state index in [9.17, 15) is 4.79 Å². The number of hydrogen-bond donors (Lipinski definition) is 2. The number of aliphatic imine (C=N–C) groups is 1. The SMILES string of the molecule is CCNC(=NCc1ccc(N2CCCC2=O)cc1)NCC1CN2CCN1CC2. The molecule has 2 bridgehead atoms. The molecule has 1 aromatic carbocycles. The lowest BCUT2D eigenvalue weighted by atomic mass is 10.1. The van der Waals surface area contributed by atoms with E-state index in [1.807, 2.05) is 17.0 Å². The van der Waals surface area contributed by atoms with Crippen LogP contribution < -0.4 is 15.5 Å². The minimum absolute atomic E-state index is 0.230. The van der Waals surface area contributed by atoms with Crippen LogP contribution >= 0.6 is 0 Å². The lowest BCUT2D eigenvalue weighted by Gasteiger charge is -2.47. The number of fused-ring (bicyclic) bond motifs is 3. The molecule has 1 unspecified atom stereocenters. The van der Waals surface area contributed by atoms with Crippen LogP contribution in [-0.2, 0) is 11.3 Å². The minimum Gasteiger partial charge on any atom is -0.357 e. The van der Waals surface area contributed by atoms with Gasteiger partial charge in [-0.05, 0) is 31.0 Å². The highest BCUT2D eigenvalue weighted by molar-refractivity contribution is 5.95. The molecule has 4 fully saturated rings. The highest BCUT2D eigenvalue weighted by Gasteiger charge is 2.31. The molecule has 4 heterocycles. The molecule has 0 saturated carbocycles. The molecule has 4 saturated heterocycles. The first kappa shape index (κ1) is 19.2. The van der Waals surface area contributed by atoms with Gasteiger partial charge in [-0.1, -0.05) is 12.1 Å². The van der Waals surface area contributed by atoms with Crippen molar-refractivity contribution in [3.8, 4) is 0 Å². The molecule has 0 spiro atoms. The van der Waals surface area contributed by atoms with Crippen molar-refractivity contribution in [3.63, 3.8) is 0 Å². The van der Waals surface area contributed by atoms with E-state index in [0.717, 1.165) is 49.8 Å². The summed E-state index contributed by atoms with van der Waals surface area (Å²) in [7, 11) is 0. The predicted molar refractivity (Wildman–Crippen MR) is 113 cm³/mol. The summed E-state index contributed by atoms with van der Waals surface area (Å²) in [5.41, 5.74) is 2.15. The molecule has 4 aliphatic rings. The van der Waals surface area contributed by atoms with Gasteiger partial charge < -0.3 is 15.5 Å². The second-order valence-electron chi connectivity index (χ2n) is 7.88. The van der Waals surface area contributed by atoms with Gasteiger partial charge >= 0.3 is 0 Å². The van der Waals surface area contributed by atoms with Gasteiger partial charge in [0, 0.05) is 70.5 Å². The van der Waals surface area contributed by atoms with Crippen molar-refractivity contribution in [2.75, 3.05) is 57.3 Å². The lowest BCUT2D eigenvalue weighted by molar-refractivity contribution is -0.117. The van der Waals surface area contributed by atoms with Crippen LogP contribution in [-0.4, -0.2) is 80.1 Å². The van der Waals surface area contributed by atoms with Crippen LogP contribution in [0.1, 0.15) is 25.3 Å². The summed E-state index contributed by atoms with van der Waals surface area (Å²) in [5.74, 6) is 1.10. The molecule has 152 valence electrons. The monoisotopic (exact) mass is 384 g/mol. The minimum atomic E-state index is 0.230. The number of piperazine rings is 3. The Hall–Kier alpha value is -2.12. The maximum absolute atomic E-state index is 11.9. The van der Waals surface area contributed by atoms with Crippen LogP contribution in [0.4, 0.5) is 5.69 Å². The van der Waals surface area contributed by atoms with Crippen LogP contribution in [0.2, 0.25) is 0 Å². The number of rotatable bonds is 6. The summed E-state index contributed by atoms with van der Waals surface area (Å²) in [6, 6.07) is 8.80. The van der Waals surface area contributed by atoms with Gasteiger partial charge in [0.25, 0.3) is 0 Å². The van der Waals surface area contributed by atoms with E-state index in [1.54, 1.807) is 0 Å². The number of nitrogens with one attached hydrogen (secondary N) is 2. The first-order valence-electron chi connectivity index (χ1n) is 10.6. The van der Waals surface area contributed by atoms with E-state index in [1.165, 1.54) is 26.2 Å². The van der Waals surface area contributed by atoms with Crippen molar-refractivity contribution in [2.24, 2.45) is 4.99 Å². The Morgan fingerprint density at radius 2 is 1.89 bits per heavy atom. The molecule has 28 heavy (non-hydrogen) atoms. The molecule has 0 aromatic heterocycles. The zero-order valence-corrected chi connectivity index (χ0v) is 16.9. The van der Waals surface area contributed by atoms with Gasteiger partial charge in [-0.2, -0.15) is 0 Å². The van der Waals surface area contributed by atoms with Gasteiger partial charge in [0.05, 0.1) is 6.54 Å². The van der Waals surface area contributed by atoms with Crippen LogP contribution in [0.25, 0.3) is 0 Å². The zero-order valence-electron chi connectivity index (χ0n) is 16.9. The first-order valence-corrected chi connectivity index (χ1v) is 10.6. The van der Waals surface area contributed by atoms with E-state index < -0.39 is 0 Å². The number of carbonyl (C=O) groups is 1. The smallest absolute Gasteiger partial charge is 0.227 e. The van der Waals surface area contributed by atoms with Gasteiger partial charge in [-0.15, -0.1) is 0 Å². The van der Waals surface area contributed by atoms with Crippen LogP contribution in [0, 0.1) is 0 Å². The Morgan fingerprint density at radius 1 is 1.11 bits per heavy atom. The number of nitrogens with zero attached hydrogens (tertiary/aromatic N) is 4. The second-order valence-corrected chi connectivity index (χ2v) is 7.88. The summed E-state index contributed by atoms with van der Waals surface area (Å²) in [4.78, 5) is 23.7. The molecule has 7 heteroatoms. The zero-order chi connectivity index (χ0) is 19.3. The van der Waals surface area contributed by atoms with Gasteiger partial charge in [0.1, 0.15) is 0 Å². The summed E-state index contributed by atoms with van der Waals surface area (Å²) in [5, 5.41) is 6.88. The van der Waals surface area contributed by atoms with Crippen molar-refractivity contribution in [3.05, 3.63) is 29.8 Å². The van der Waals surface area contributed by atoms with Gasteiger partial charge in [-0.25, -0.2) is 4.99 Å². The summed E-state index contributed by atoms with van der Waals surface area (Å²) < 4.78 is 0. The van der Waals surface area contributed by atoms with Crippen molar-refractivity contribution >= 4 is 17.6 Å².